The minimum atomic E-state index is -1.12. The summed E-state index contributed by atoms with van der Waals surface area (Å²) in [7, 11) is -1.12. The molecule has 0 nitrogen and oxygen atoms in total. The Kier molecular flexibility index (Phi) is 17.3. The van der Waals surface area contributed by atoms with Gasteiger partial charge in [0.05, 0.1) is 8.07 Å². The molecule has 0 rings (SSSR count). The van der Waals surface area contributed by atoms with Crippen molar-refractivity contribution in [2.45, 2.75) is 52.2 Å². The zero-order valence-corrected chi connectivity index (χ0v) is 15.5. The maximum Gasteiger partial charge on any atom is 0.0882 e. The van der Waals surface area contributed by atoms with Gasteiger partial charge in [0.15, 0.2) is 0 Å². The van der Waals surface area contributed by atoms with Crippen molar-refractivity contribution in [2.24, 2.45) is 0 Å². The van der Waals surface area contributed by atoms with Gasteiger partial charge >= 0.3 is 0 Å². The predicted octanol–water partition coefficient (Wildman–Crippen LogP) is 0.960. The molecular formula is C11H21BrSiZn-. The Morgan fingerprint density at radius 1 is 1.14 bits per heavy atom. The number of halogens is 1. The van der Waals surface area contributed by atoms with Crippen LogP contribution >= 0.6 is 0 Å². The summed E-state index contributed by atoms with van der Waals surface area (Å²) in [5.41, 5.74) is 6.50. The van der Waals surface area contributed by atoms with E-state index in [1.165, 1.54) is 25.7 Å². The molecule has 0 N–H and O–H groups in total. The van der Waals surface area contributed by atoms with Gasteiger partial charge in [0.25, 0.3) is 0 Å². The topological polar surface area (TPSA) is 0 Å². The van der Waals surface area contributed by atoms with Crippen molar-refractivity contribution in [3.63, 3.8) is 0 Å². The van der Waals surface area contributed by atoms with Gasteiger partial charge in [0, 0.05) is 19.5 Å². The predicted molar refractivity (Wildman–Crippen MR) is 58.8 cm³/mol. The molecule has 14 heavy (non-hydrogen) atoms. The zero-order chi connectivity index (χ0) is 9.45. The molecule has 79 valence electrons. The van der Waals surface area contributed by atoms with Gasteiger partial charge in [-0.3, -0.25) is 0 Å². The van der Waals surface area contributed by atoms with Crippen LogP contribution in [0.1, 0.15) is 32.6 Å². The average molecular weight is 327 g/mol. The van der Waals surface area contributed by atoms with Gasteiger partial charge in [-0.15, -0.1) is 5.73 Å². The van der Waals surface area contributed by atoms with Crippen LogP contribution in [0.25, 0.3) is 0 Å². The van der Waals surface area contributed by atoms with Crippen molar-refractivity contribution >= 4 is 8.07 Å². The quantitative estimate of drug-likeness (QED) is 0.401. The first-order chi connectivity index (χ1) is 5.56. The van der Waals surface area contributed by atoms with Crippen LogP contribution in [0, 0.1) is 5.70 Å². The average Bonchev–Trinajstić information content (AvgIpc) is 1.94. The summed E-state index contributed by atoms with van der Waals surface area (Å²) in [6.07, 6.45) is 7.25. The van der Waals surface area contributed by atoms with Crippen LogP contribution in [0.2, 0.25) is 19.6 Å². The molecule has 0 amide bonds. The molecule has 0 saturated carbocycles. The van der Waals surface area contributed by atoms with E-state index in [1.54, 1.807) is 0 Å². The second kappa shape index (κ2) is 11.9. The van der Waals surface area contributed by atoms with E-state index >= 15 is 0 Å². The third kappa shape index (κ3) is 18.6. The van der Waals surface area contributed by atoms with Gasteiger partial charge in [0.1, 0.15) is 0 Å². The monoisotopic (exact) mass is 324 g/mol. The third-order valence-corrected chi connectivity index (χ3v) is 2.40. The van der Waals surface area contributed by atoms with E-state index in [4.69, 9.17) is 0 Å². The van der Waals surface area contributed by atoms with Crippen molar-refractivity contribution in [1.82, 2.24) is 0 Å². The largest absolute Gasteiger partial charge is 1.00 e. The molecule has 0 aromatic heterocycles. The van der Waals surface area contributed by atoms with Crippen LogP contribution in [0.15, 0.2) is 11.8 Å². The van der Waals surface area contributed by atoms with Crippen molar-refractivity contribution in [1.29, 1.82) is 0 Å². The number of hydrogen-bond acceptors (Lipinski definition) is 0. The van der Waals surface area contributed by atoms with Gasteiger partial charge in [-0.25, -0.2) is 0 Å². The Bertz CT molecular complexity index is 167. The minimum Gasteiger partial charge on any atom is -1.00 e. The fourth-order valence-corrected chi connectivity index (χ4v) is 1.37. The Balaban J connectivity index is -0.000000605. The maximum absolute atomic E-state index is 3.33. The molecule has 0 aromatic carbocycles. The molecule has 0 fully saturated rings. The van der Waals surface area contributed by atoms with Gasteiger partial charge in [-0.2, -0.15) is 0 Å². The smallest absolute Gasteiger partial charge is 0.0882 e. The fourth-order valence-electron chi connectivity index (χ4n) is 0.836. The van der Waals surface area contributed by atoms with Crippen LogP contribution < -0.4 is 17.0 Å². The molecule has 0 aliphatic heterocycles. The van der Waals surface area contributed by atoms with E-state index in [0.717, 1.165) is 0 Å². The molecule has 0 aromatic rings. The second-order valence-corrected chi connectivity index (χ2v) is 8.97. The van der Waals surface area contributed by atoms with E-state index in [0.29, 0.717) is 0 Å². The summed E-state index contributed by atoms with van der Waals surface area (Å²) in [5, 5.41) is 0. The summed E-state index contributed by atoms with van der Waals surface area (Å²) < 4.78 is 0. The number of unbranched alkanes of at least 4 members (excludes halogenated alkanes) is 3. The van der Waals surface area contributed by atoms with Gasteiger partial charge in [-0.1, -0.05) is 39.4 Å². The van der Waals surface area contributed by atoms with Crippen LogP contribution in [-0.2, 0) is 19.5 Å². The van der Waals surface area contributed by atoms with Crippen molar-refractivity contribution in [3.05, 3.63) is 17.5 Å². The molecule has 0 aliphatic rings. The molecule has 0 saturated heterocycles. The molecule has 1 radical (unpaired) electrons. The summed E-state index contributed by atoms with van der Waals surface area (Å²) in [5.74, 6) is 0. The van der Waals surface area contributed by atoms with E-state index in [1.807, 2.05) is 0 Å². The molecule has 0 unspecified atom stereocenters. The Morgan fingerprint density at radius 2 is 1.71 bits per heavy atom. The molecule has 0 bridgehead atoms. The first-order valence-electron chi connectivity index (χ1n) is 4.90. The van der Waals surface area contributed by atoms with Crippen LogP contribution in [-0.4, -0.2) is 8.07 Å². The summed E-state index contributed by atoms with van der Waals surface area (Å²) in [4.78, 5) is 0. The van der Waals surface area contributed by atoms with Gasteiger partial charge in [-0.05, 0) is 24.6 Å². The Morgan fingerprint density at radius 3 is 2.14 bits per heavy atom. The number of rotatable bonds is 5. The third-order valence-electron chi connectivity index (χ3n) is 1.50. The SMILES string of the molecule is CCCCCC=C=[C][Si](C)(C)C.[Br-].[Zn]. The maximum atomic E-state index is 3.33. The molecule has 0 spiro atoms. The van der Waals surface area contributed by atoms with Crippen LogP contribution in [0.3, 0.4) is 0 Å². The first-order valence-corrected chi connectivity index (χ1v) is 8.40. The zero-order valence-electron chi connectivity index (χ0n) is 9.99. The molecule has 0 heterocycles. The molecule has 0 atom stereocenters. The standard InChI is InChI=1S/C11H21Si.BrH.Zn/c1-5-6-7-8-9-10-11-12(2,3)4;;/h9H,5-8H2,1-4H3;1H;/p-1. The molecular weight excluding hydrogens is 306 g/mol. The summed E-state index contributed by atoms with van der Waals surface area (Å²) in [6, 6.07) is 0. The van der Waals surface area contributed by atoms with Gasteiger partial charge < -0.3 is 17.0 Å². The molecule has 3 heteroatoms. The van der Waals surface area contributed by atoms with Crippen molar-refractivity contribution in [3.8, 4) is 0 Å². The first kappa shape index (κ1) is 20.3. The van der Waals surface area contributed by atoms with E-state index in [2.05, 4.69) is 44.1 Å². The van der Waals surface area contributed by atoms with Crippen molar-refractivity contribution in [2.75, 3.05) is 0 Å². The Hall–Kier alpha value is 0.840. The minimum absolute atomic E-state index is 0. The van der Waals surface area contributed by atoms with Crippen molar-refractivity contribution < 1.29 is 36.5 Å². The number of hydrogen-bond donors (Lipinski definition) is 0. The van der Waals surface area contributed by atoms with E-state index < -0.39 is 8.07 Å². The van der Waals surface area contributed by atoms with E-state index in [-0.39, 0.29) is 36.5 Å². The van der Waals surface area contributed by atoms with Crippen LogP contribution in [0.5, 0.6) is 0 Å². The second-order valence-electron chi connectivity index (χ2n) is 4.22. The number of allylic oxidation sites excluding steroid dienone is 1. The normalized spacial score (nSPS) is 9.14. The Labute approximate surface area is 114 Å². The van der Waals surface area contributed by atoms with Gasteiger partial charge in [0.2, 0.25) is 0 Å². The van der Waals surface area contributed by atoms with Crippen LogP contribution in [0.4, 0.5) is 0 Å². The van der Waals surface area contributed by atoms with E-state index in [9.17, 15) is 0 Å². The molecule has 0 aliphatic carbocycles. The summed E-state index contributed by atoms with van der Waals surface area (Å²) in [6.45, 7) is 9.06. The fraction of sp³-hybridized carbons (Fsp3) is 0.727. The summed E-state index contributed by atoms with van der Waals surface area (Å²) >= 11 is 0.